The average molecular weight is 458 g/mol. The number of nitrogen functional groups attached to an aromatic ring is 1. The summed E-state index contributed by atoms with van der Waals surface area (Å²) in [5.74, 6) is -3.91. The third kappa shape index (κ3) is 3.50. The van der Waals surface area contributed by atoms with Crippen LogP contribution in [0.25, 0.3) is 10.9 Å². The molecule has 1 saturated heterocycles. The molecule has 1 aliphatic heterocycles. The third-order valence-corrected chi connectivity index (χ3v) is 6.30. The van der Waals surface area contributed by atoms with Gasteiger partial charge in [0.05, 0.1) is 16.6 Å². The van der Waals surface area contributed by atoms with E-state index in [4.69, 9.17) is 5.73 Å². The number of fused-ring (bicyclic) bond motifs is 1. The van der Waals surface area contributed by atoms with Crippen molar-refractivity contribution in [2.24, 2.45) is 0 Å². The largest absolute Gasteiger partial charge is 0.477 e. The Kier molecular flexibility index (Phi) is 5.04. The van der Waals surface area contributed by atoms with E-state index in [1.807, 2.05) is 0 Å². The van der Waals surface area contributed by atoms with E-state index in [1.54, 1.807) is 12.1 Å². The fourth-order valence-corrected chi connectivity index (χ4v) is 4.49. The van der Waals surface area contributed by atoms with E-state index in [-0.39, 0.29) is 42.2 Å². The van der Waals surface area contributed by atoms with E-state index in [2.05, 4.69) is 5.32 Å². The second-order valence-corrected chi connectivity index (χ2v) is 8.43. The Morgan fingerprint density at radius 3 is 2.45 bits per heavy atom. The molecule has 1 saturated carbocycles. The van der Waals surface area contributed by atoms with Gasteiger partial charge in [0, 0.05) is 37.9 Å². The van der Waals surface area contributed by atoms with Crippen molar-refractivity contribution in [2.45, 2.75) is 24.9 Å². The van der Waals surface area contributed by atoms with Gasteiger partial charge in [-0.15, -0.1) is 0 Å². The molecule has 1 aliphatic carbocycles. The number of hydrogen-bond acceptors (Lipinski definition) is 5. The van der Waals surface area contributed by atoms with Gasteiger partial charge in [-0.3, -0.25) is 4.79 Å². The molecule has 1 aromatic heterocycles. The van der Waals surface area contributed by atoms with Crippen molar-refractivity contribution >= 4 is 28.2 Å². The fraction of sp³-hybridized carbons (Fsp3) is 0.304. The number of benzene rings is 2. The second kappa shape index (κ2) is 7.80. The first kappa shape index (κ1) is 21.3. The summed E-state index contributed by atoms with van der Waals surface area (Å²) in [7, 11) is 0. The minimum Gasteiger partial charge on any atom is -0.477 e. The zero-order chi connectivity index (χ0) is 23.4. The lowest BCUT2D eigenvalue weighted by Gasteiger charge is -2.36. The van der Waals surface area contributed by atoms with Crippen molar-refractivity contribution in [1.29, 1.82) is 0 Å². The summed E-state index contributed by atoms with van der Waals surface area (Å²) < 4.78 is 46.1. The summed E-state index contributed by atoms with van der Waals surface area (Å²) in [4.78, 5) is 25.9. The number of carboxylic acids is 1. The van der Waals surface area contributed by atoms with Crippen LogP contribution in [-0.4, -0.2) is 35.3 Å². The van der Waals surface area contributed by atoms with Crippen molar-refractivity contribution in [3.63, 3.8) is 0 Å². The van der Waals surface area contributed by atoms with E-state index in [0.29, 0.717) is 19.4 Å². The Balaban J connectivity index is 1.67. The van der Waals surface area contributed by atoms with Crippen molar-refractivity contribution in [1.82, 2.24) is 9.88 Å². The Morgan fingerprint density at radius 2 is 1.82 bits per heavy atom. The Hall–Kier alpha value is -3.53. The van der Waals surface area contributed by atoms with Crippen LogP contribution >= 0.6 is 0 Å². The number of piperazine rings is 1. The fourth-order valence-electron chi connectivity index (χ4n) is 4.49. The number of nitrogens with two attached hydrogens (primary N) is 1. The smallest absolute Gasteiger partial charge is 0.341 e. The molecule has 7 nitrogen and oxygen atoms in total. The molecule has 1 unspecified atom stereocenters. The van der Waals surface area contributed by atoms with Crippen molar-refractivity contribution in [3.8, 4) is 0 Å². The molecule has 33 heavy (non-hydrogen) atoms. The minimum atomic E-state index is -1.48. The van der Waals surface area contributed by atoms with Gasteiger partial charge in [0.25, 0.3) is 0 Å². The number of carbonyl (C=O) groups is 1. The molecule has 1 atom stereocenters. The molecule has 2 aromatic carbocycles. The van der Waals surface area contributed by atoms with Crippen LogP contribution in [0.1, 0.15) is 40.8 Å². The number of nitrogens with one attached hydrogen (secondary N) is 1. The number of halogens is 3. The van der Waals surface area contributed by atoms with E-state index in [9.17, 15) is 19.1 Å². The minimum absolute atomic E-state index is 0.182. The zero-order valence-electron chi connectivity index (χ0n) is 17.4. The first-order chi connectivity index (χ1) is 15.8. The molecule has 2 fully saturated rings. The average Bonchev–Trinajstić information content (AvgIpc) is 3.63. The van der Waals surface area contributed by atoms with Crippen LogP contribution in [0, 0.1) is 17.5 Å². The molecular weight excluding hydrogens is 437 g/mol. The van der Waals surface area contributed by atoms with Gasteiger partial charge in [-0.1, -0.05) is 12.1 Å². The number of rotatable bonds is 4. The zero-order valence-corrected chi connectivity index (χ0v) is 17.4. The first-order valence-corrected chi connectivity index (χ1v) is 10.6. The van der Waals surface area contributed by atoms with Crippen LogP contribution in [0.5, 0.6) is 0 Å². The first-order valence-electron chi connectivity index (χ1n) is 10.6. The van der Waals surface area contributed by atoms with E-state index >= 15 is 8.78 Å². The molecular formula is C23H21F3N4O3. The van der Waals surface area contributed by atoms with Gasteiger partial charge in [0.1, 0.15) is 17.1 Å². The summed E-state index contributed by atoms with van der Waals surface area (Å²) >= 11 is 0. The maximum absolute atomic E-state index is 15.9. The predicted molar refractivity (Wildman–Crippen MR) is 117 cm³/mol. The van der Waals surface area contributed by atoms with Crippen LogP contribution in [0.4, 0.5) is 24.5 Å². The van der Waals surface area contributed by atoms with Gasteiger partial charge in [-0.25, -0.2) is 18.0 Å². The van der Waals surface area contributed by atoms with Crippen LogP contribution in [0.2, 0.25) is 0 Å². The maximum atomic E-state index is 15.9. The van der Waals surface area contributed by atoms with Crippen molar-refractivity contribution < 1.29 is 23.1 Å². The highest BCUT2D eigenvalue weighted by Crippen LogP contribution is 2.42. The van der Waals surface area contributed by atoms with Crippen LogP contribution in [-0.2, 0) is 0 Å². The summed E-state index contributed by atoms with van der Waals surface area (Å²) in [6.45, 7) is 0.870. The van der Waals surface area contributed by atoms with Gasteiger partial charge in [-0.2, -0.15) is 0 Å². The molecule has 172 valence electrons. The van der Waals surface area contributed by atoms with Crippen LogP contribution in [0.15, 0.2) is 35.3 Å². The molecule has 0 radical (unpaired) electrons. The Morgan fingerprint density at radius 1 is 1.12 bits per heavy atom. The highest BCUT2D eigenvalue weighted by Gasteiger charge is 2.34. The monoisotopic (exact) mass is 458 g/mol. The molecule has 2 heterocycles. The van der Waals surface area contributed by atoms with Crippen molar-refractivity contribution in [2.75, 3.05) is 30.3 Å². The highest BCUT2D eigenvalue weighted by atomic mass is 19.1. The Bertz CT molecular complexity index is 1340. The molecule has 0 bridgehead atoms. The predicted octanol–water partition coefficient (Wildman–Crippen LogP) is 3.19. The van der Waals surface area contributed by atoms with Gasteiger partial charge in [0.15, 0.2) is 11.6 Å². The number of anilines is 2. The lowest BCUT2D eigenvalue weighted by Crippen LogP contribution is -2.46. The lowest BCUT2D eigenvalue weighted by molar-refractivity contribution is 0.0695. The quantitative estimate of drug-likeness (QED) is 0.520. The van der Waals surface area contributed by atoms with Gasteiger partial charge in [0.2, 0.25) is 5.43 Å². The second-order valence-electron chi connectivity index (χ2n) is 8.43. The summed E-state index contributed by atoms with van der Waals surface area (Å²) in [6, 6.07) is 5.36. The number of nitrogens with zero attached hydrogens (tertiary/aromatic N) is 2. The SMILES string of the molecule is Nc1c(F)c(N2CCNC(c3ccc(F)cc3)C2)c(F)c2c1c(=O)c(C(=O)O)cn2C1CC1. The van der Waals surface area contributed by atoms with E-state index in [1.165, 1.54) is 21.6 Å². The standard InChI is InChI=1S/C23H21F3N4O3/c24-12-3-1-11(2-4-12)15-10-29(8-7-28-15)21-17(25)19(27)16-20(18(21)26)30(13-5-6-13)9-14(22(16)31)23(32)33/h1-4,9,13,15,28H,5-8,10,27H2,(H,32,33). The number of aromatic nitrogens is 1. The molecule has 10 heteroatoms. The molecule has 0 spiro atoms. The topological polar surface area (TPSA) is 101 Å². The summed E-state index contributed by atoms with van der Waals surface area (Å²) in [5, 5.41) is 12.2. The maximum Gasteiger partial charge on any atom is 0.341 e. The molecule has 2 aliphatic rings. The molecule has 0 amide bonds. The lowest BCUT2D eigenvalue weighted by atomic mass is 10.0. The molecule has 3 aromatic rings. The van der Waals surface area contributed by atoms with E-state index in [0.717, 1.165) is 11.8 Å². The molecule has 5 rings (SSSR count). The van der Waals surface area contributed by atoms with Crippen LogP contribution in [0.3, 0.4) is 0 Å². The number of hydrogen-bond donors (Lipinski definition) is 3. The number of pyridine rings is 1. The summed E-state index contributed by atoms with van der Waals surface area (Å²) in [6.07, 6.45) is 2.49. The molecule has 4 N–H and O–H groups in total. The third-order valence-electron chi connectivity index (χ3n) is 6.30. The van der Waals surface area contributed by atoms with Gasteiger partial charge < -0.3 is 25.6 Å². The normalized spacial score (nSPS) is 18.6. The van der Waals surface area contributed by atoms with Gasteiger partial charge >= 0.3 is 5.97 Å². The number of carboxylic acid groups (broad SMARTS) is 1. The van der Waals surface area contributed by atoms with E-state index < -0.39 is 39.7 Å². The van der Waals surface area contributed by atoms with Crippen LogP contribution < -0.4 is 21.4 Å². The van der Waals surface area contributed by atoms with Gasteiger partial charge in [-0.05, 0) is 30.5 Å². The summed E-state index contributed by atoms with van der Waals surface area (Å²) in [5.41, 5.74) is 4.05. The highest BCUT2D eigenvalue weighted by molar-refractivity contribution is 5.99. The van der Waals surface area contributed by atoms with Crippen molar-refractivity contribution in [3.05, 3.63) is 69.3 Å². The Labute approximate surface area is 186 Å². The number of aromatic carboxylic acids is 1.